The van der Waals surface area contributed by atoms with E-state index in [9.17, 15) is 4.79 Å². The van der Waals surface area contributed by atoms with E-state index in [1.165, 1.54) is 0 Å². The van der Waals surface area contributed by atoms with Crippen molar-refractivity contribution in [3.63, 3.8) is 0 Å². The molecule has 0 bridgehead atoms. The molecule has 7 nitrogen and oxygen atoms in total. The molecule has 1 aliphatic carbocycles. The number of fused-ring (bicyclic) bond motifs is 2. The van der Waals surface area contributed by atoms with E-state index >= 15 is 0 Å². The number of ether oxygens (including phenoxy) is 2. The lowest BCUT2D eigenvalue weighted by Gasteiger charge is -2.33. The van der Waals surface area contributed by atoms with E-state index in [2.05, 4.69) is 46.4 Å². The molecule has 1 N–H and O–H groups in total. The Morgan fingerprint density at radius 2 is 2.00 bits per heavy atom. The van der Waals surface area contributed by atoms with Crippen LogP contribution in [0.3, 0.4) is 0 Å². The van der Waals surface area contributed by atoms with Crippen LogP contribution < -0.4 is 15.1 Å². The SMILES string of the molecule is COC1CCC(C(=O)N2Cc3cccnc3Nc3ccc(N4CCOCCC4C)cc32)CC1. The van der Waals surface area contributed by atoms with Crippen LogP contribution in [0, 0.1) is 5.92 Å². The van der Waals surface area contributed by atoms with Crippen molar-refractivity contribution >= 4 is 28.8 Å². The van der Waals surface area contributed by atoms with Gasteiger partial charge in [-0.05, 0) is 63.3 Å². The molecule has 1 aromatic carbocycles. The largest absolute Gasteiger partial charge is 0.381 e. The number of anilines is 4. The van der Waals surface area contributed by atoms with Gasteiger partial charge in [-0.1, -0.05) is 6.07 Å². The third-order valence-corrected chi connectivity index (χ3v) is 7.39. The Labute approximate surface area is 196 Å². The van der Waals surface area contributed by atoms with Crippen LogP contribution in [0.4, 0.5) is 22.9 Å². The number of carbonyl (C=O) groups excluding carboxylic acids is 1. The van der Waals surface area contributed by atoms with Crippen molar-refractivity contribution in [1.29, 1.82) is 0 Å². The maximum absolute atomic E-state index is 13.9. The van der Waals surface area contributed by atoms with Gasteiger partial charge in [0.05, 0.1) is 30.6 Å². The van der Waals surface area contributed by atoms with E-state index in [1.807, 2.05) is 11.0 Å². The summed E-state index contributed by atoms with van der Waals surface area (Å²) in [7, 11) is 1.77. The standard InChI is InChI=1S/C26H34N4O3/c1-18-11-14-33-15-13-29(18)21-7-10-23-24(16-21)30(17-20-4-3-12-27-25(20)28-23)26(31)19-5-8-22(32-2)9-6-19/h3-4,7,10,12,16,18-19,22H,5-6,8-9,11,13-15,17H2,1-2H3,(H,27,28). The Hall–Kier alpha value is -2.64. The molecule has 5 rings (SSSR count). The van der Waals surface area contributed by atoms with Crippen LogP contribution in [0.5, 0.6) is 0 Å². The first-order chi connectivity index (χ1) is 16.1. The summed E-state index contributed by atoms with van der Waals surface area (Å²) in [6.45, 7) is 5.13. The van der Waals surface area contributed by atoms with Gasteiger partial charge in [0, 0.05) is 49.7 Å². The number of hydrogen-bond donors (Lipinski definition) is 1. The Kier molecular flexibility index (Phi) is 6.51. The molecule has 2 aromatic rings. The molecule has 176 valence electrons. The zero-order valence-corrected chi connectivity index (χ0v) is 19.6. The van der Waals surface area contributed by atoms with Crippen LogP contribution in [0.25, 0.3) is 0 Å². The molecular formula is C26H34N4O3. The average molecular weight is 451 g/mol. The van der Waals surface area contributed by atoms with Crippen LogP contribution in [0.1, 0.15) is 44.6 Å². The first-order valence-corrected chi connectivity index (χ1v) is 12.2. The number of methoxy groups -OCH3 is 1. The third kappa shape index (κ3) is 4.57. The second kappa shape index (κ2) is 9.69. The highest BCUT2D eigenvalue weighted by molar-refractivity contribution is 6.00. The van der Waals surface area contributed by atoms with Gasteiger partial charge in [0.25, 0.3) is 0 Å². The number of nitrogens with zero attached hydrogens (tertiary/aromatic N) is 3. The number of nitrogens with one attached hydrogen (secondary N) is 1. The molecule has 0 radical (unpaired) electrons. The quantitative estimate of drug-likeness (QED) is 0.743. The van der Waals surface area contributed by atoms with Gasteiger partial charge in [-0.2, -0.15) is 0 Å². The van der Waals surface area contributed by atoms with Crippen LogP contribution in [-0.2, 0) is 20.8 Å². The molecule has 1 atom stereocenters. The minimum absolute atomic E-state index is 0.0247. The van der Waals surface area contributed by atoms with Crippen molar-refractivity contribution < 1.29 is 14.3 Å². The van der Waals surface area contributed by atoms with Gasteiger partial charge in [-0.3, -0.25) is 4.79 Å². The number of benzene rings is 1. The second-order valence-corrected chi connectivity index (χ2v) is 9.41. The first-order valence-electron chi connectivity index (χ1n) is 12.2. The topological polar surface area (TPSA) is 66.9 Å². The van der Waals surface area contributed by atoms with E-state index in [0.717, 1.165) is 80.3 Å². The predicted octanol–water partition coefficient (Wildman–Crippen LogP) is 4.49. The lowest BCUT2D eigenvalue weighted by molar-refractivity contribution is -0.124. The van der Waals surface area contributed by atoms with Gasteiger partial charge in [-0.25, -0.2) is 4.98 Å². The molecule has 3 heterocycles. The van der Waals surface area contributed by atoms with Crippen LogP contribution >= 0.6 is 0 Å². The van der Waals surface area contributed by atoms with Gasteiger partial charge < -0.3 is 24.6 Å². The molecule has 2 fully saturated rings. The monoisotopic (exact) mass is 450 g/mol. The lowest BCUT2D eigenvalue weighted by Crippen LogP contribution is -2.38. The Bertz CT molecular complexity index is 989. The zero-order valence-electron chi connectivity index (χ0n) is 19.6. The van der Waals surface area contributed by atoms with Crippen molar-refractivity contribution in [2.75, 3.05) is 42.0 Å². The second-order valence-electron chi connectivity index (χ2n) is 9.41. The molecule has 3 aliphatic rings. The van der Waals surface area contributed by atoms with Crippen LogP contribution in [0.15, 0.2) is 36.5 Å². The third-order valence-electron chi connectivity index (χ3n) is 7.39. The fourth-order valence-corrected chi connectivity index (χ4v) is 5.33. The maximum Gasteiger partial charge on any atom is 0.230 e. The number of pyridine rings is 1. The zero-order chi connectivity index (χ0) is 22.8. The fraction of sp³-hybridized carbons (Fsp3) is 0.538. The summed E-state index contributed by atoms with van der Waals surface area (Å²) >= 11 is 0. The van der Waals surface area contributed by atoms with Crippen molar-refractivity contribution in [3.8, 4) is 0 Å². The predicted molar refractivity (Wildman–Crippen MR) is 130 cm³/mol. The van der Waals surface area contributed by atoms with Crippen molar-refractivity contribution in [2.45, 2.75) is 57.7 Å². The molecule has 33 heavy (non-hydrogen) atoms. The molecule has 0 spiro atoms. The van der Waals surface area contributed by atoms with Gasteiger partial charge in [0.1, 0.15) is 5.82 Å². The van der Waals surface area contributed by atoms with Gasteiger partial charge >= 0.3 is 0 Å². The van der Waals surface area contributed by atoms with Crippen molar-refractivity contribution in [1.82, 2.24) is 4.98 Å². The summed E-state index contributed by atoms with van der Waals surface area (Å²) in [5.41, 5.74) is 4.02. The minimum atomic E-state index is 0.0247. The number of amides is 1. The summed E-state index contributed by atoms with van der Waals surface area (Å²) in [6, 6.07) is 10.8. The summed E-state index contributed by atoms with van der Waals surface area (Å²) in [5.74, 6) is 1.05. The number of aromatic nitrogens is 1. The van der Waals surface area contributed by atoms with E-state index < -0.39 is 0 Å². The number of carbonyl (C=O) groups is 1. The summed E-state index contributed by atoms with van der Waals surface area (Å²) in [5, 5.41) is 3.49. The molecule has 1 saturated carbocycles. The summed E-state index contributed by atoms with van der Waals surface area (Å²) in [4.78, 5) is 22.8. The van der Waals surface area contributed by atoms with Gasteiger partial charge in [-0.15, -0.1) is 0 Å². The van der Waals surface area contributed by atoms with E-state index in [1.54, 1.807) is 13.3 Å². The summed E-state index contributed by atoms with van der Waals surface area (Å²) in [6.07, 6.45) is 6.69. The maximum atomic E-state index is 13.9. The van der Waals surface area contributed by atoms with E-state index in [-0.39, 0.29) is 17.9 Å². The molecule has 2 aliphatic heterocycles. The van der Waals surface area contributed by atoms with Gasteiger partial charge in [0.2, 0.25) is 5.91 Å². The van der Waals surface area contributed by atoms with Crippen LogP contribution in [-0.4, -0.2) is 49.9 Å². The van der Waals surface area contributed by atoms with E-state index in [4.69, 9.17) is 9.47 Å². The van der Waals surface area contributed by atoms with E-state index in [0.29, 0.717) is 12.6 Å². The Balaban J connectivity index is 1.50. The molecule has 7 heteroatoms. The normalized spacial score (nSPS) is 25.3. The first kappa shape index (κ1) is 22.2. The fourth-order valence-electron chi connectivity index (χ4n) is 5.33. The number of hydrogen-bond acceptors (Lipinski definition) is 6. The molecule has 1 amide bonds. The Morgan fingerprint density at radius 3 is 2.82 bits per heavy atom. The highest BCUT2D eigenvalue weighted by Gasteiger charge is 2.33. The van der Waals surface area contributed by atoms with Crippen molar-refractivity contribution in [2.24, 2.45) is 5.92 Å². The summed E-state index contributed by atoms with van der Waals surface area (Å²) < 4.78 is 11.2. The van der Waals surface area contributed by atoms with Crippen molar-refractivity contribution in [3.05, 3.63) is 42.1 Å². The molecule has 1 unspecified atom stereocenters. The van der Waals surface area contributed by atoms with Crippen LogP contribution in [0.2, 0.25) is 0 Å². The van der Waals surface area contributed by atoms with Gasteiger partial charge in [0.15, 0.2) is 0 Å². The number of rotatable bonds is 3. The molecular weight excluding hydrogens is 416 g/mol. The minimum Gasteiger partial charge on any atom is -0.381 e. The smallest absolute Gasteiger partial charge is 0.230 e. The highest BCUT2D eigenvalue weighted by Crippen LogP contribution is 2.40. The lowest BCUT2D eigenvalue weighted by atomic mass is 9.86. The highest BCUT2D eigenvalue weighted by atomic mass is 16.5. The molecule has 1 aromatic heterocycles. The Morgan fingerprint density at radius 1 is 1.15 bits per heavy atom. The molecule has 1 saturated heterocycles. The average Bonchev–Trinajstić information content (AvgIpc) is 3.17.